The van der Waals surface area contributed by atoms with Gasteiger partial charge in [0, 0.05) is 31.9 Å². The number of hydrogen-bond donors (Lipinski definition) is 0. The van der Waals surface area contributed by atoms with Crippen LogP contribution in [-0.2, 0) is 14.3 Å². The first kappa shape index (κ1) is 14.4. The Balaban J connectivity index is 1.64. The third-order valence-corrected chi connectivity index (χ3v) is 4.08. The number of amides is 1. The van der Waals surface area contributed by atoms with E-state index in [-0.39, 0.29) is 17.9 Å². The fraction of sp³-hybridized carbons (Fsp3) is 0.667. The second-order valence-corrected chi connectivity index (χ2v) is 5.61. The lowest BCUT2D eigenvalue weighted by Crippen LogP contribution is -2.46. The van der Waals surface area contributed by atoms with Crippen molar-refractivity contribution >= 4 is 5.91 Å². The number of hydrogen-bond acceptors (Lipinski definition) is 5. The van der Waals surface area contributed by atoms with Gasteiger partial charge in [-0.25, -0.2) is 0 Å². The summed E-state index contributed by atoms with van der Waals surface area (Å²) in [7, 11) is 0. The quantitative estimate of drug-likeness (QED) is 0.817. The Hall–Kier alpha value is -1.53. The van der Waals surface area contributed by atoms with Crippen LogP contribution in [0.15, 0.2) is 12.4 Å². The fourth-order valence-electron chi connectivity index (χ4n) is 2.80. The van der Waals surface area contributed by atoms with E-state index in [4.69, 9.17) is 9.47 Å². The van der Waals surface area contributed by atoms with Crippen LogP contribution in [0.4, 0.5) is 0 Å². The molecule has 0 spiro atoms. The van der Waals surface area contributed by atoms with Gasteiger partial charge in [-0.3, -0.25) is 14.8 Å². The van der Waals surface area contributed by atoms with E-state index in [2.05, 4.69) is 9.97 Å². The van der Waals surface area contributed by atoms with Crippen molar-refractivity contribution in [2.45, 2.75) is 25.9 Å². The van der Waals surface area contributed by atoms with Crippen molar-refractivity contribution in [2.24, 2.45) is 5.92 Å². The predicted octanol–water partition coefficient (Wildman–Crippen LogP) is 1.11. The summed E-state index contributed by atoms with van der Waals surface area (Å²) in [6, 6.07) is 0. The average molecular weight is 291 g/mol. The smallest absolute Gasteiger partial charge is 0.226 e. The maximum atomic E-state index is 12.6. The first-order chi connectivity index (χ1) is 10.2. The number of carbonyl (C=O) groups excluding carboxylic acids is 1. The Morgan fingerprint density at radius 1 is 1.24 bits per heavy atom. The van der Waals surface area contributed by atoms with E-state index in [9.17, 15) is 4.79 Å². The summed E-state index contributed by atoms with van der Waals surface area (Å²) in [5.74, 6) is 0.327. The van der Waals surface area contributed by atoms with Gasteiger partial charge in [-0.15, -0.1) is 0 Å². The predicted molar refractivity (Wildman–Crippen MR) is 75.6 cm³/mol. The first-order valence-corrected chi connectivity index (χ1v) is 7.50. The second-order valence-electron chi connectivity index (χ2n) is 5.61. The SMILES string of the molecule is Cc1cnc([C@H]2CN(C(=O)C3CCOCC3)CCO2)cn1. The number of carbonyl (C=O) groups is 1. The van der Waals surface area contributed by atoms with Crippen LogP contribution in [0.2, 0.25) is 0 Å². The monoisotopic (exact) mass is 291 g/mol. The minimum absolute atomic E-state index is 0.0987. The summed E-state index contributed by atoms with van der Waals surface area (Å²) in [5.41, 5.74) is 1.68. The Bertz CT molecular complexity index is 485. The molecule has 3 heterocycles. The van der Waals surface area contributed by atoms with Crippen LogP contribution in [0.25, 0.3) is 0 Å². The topological polar surface area (TPSA) is 64.6 Å². The molecule has 1 amide bonds. The van der Waals surface area contributed by atoms with Gasteiger partial charge in [-0.1, -0.05) is 0 Å². The highest BCUT2D eigenvalue weighted by Crippen LogP contribution is 2.24. The van der Waals surface area contributed by atoms with Crippen LogP contribution < -0.4 is 0 Å². The fourth-order valence-corrected chi connectivity index (χ4v) is 2.80. The molecule has 21 heavy (non-hydrogen) atoms. The van der Waals surface area contributed by atoms with Crippen LogP contribution >= 0.6 is 0 Å². The van der Waals surface area contributed by atoms with Gasteiger partial charge >= 0.3 is 0 Å². The van der Waals surface area contributed by atoms with Crippen LogP contribution in [0.3, 0.4) is 0 Å². The van der Waals surface area contributed by atoms with Crippen molar-refractivity contribution in [1.29, 1.82) is 0 Å². The highest BCUT2D eigenvalue weighted by Gasteiger charge is 2.31. The Morgan fingerprint density at radius 3 is 2.76 bits per heavy atom. The van der Waals surface area contributed by atoms with Gasteiger partial charge in [0.15, 0.2) is 0 Å². The molecule has 3 rings (SSSR count). The molecule has 2 saturated heterocycles. The molecule has 0 N–H and O–H groups in total. The number of morpholine rings is 1. The molecule has 1 aromatic rings. The molecule has 0 unspecified atom stereocenters. The molecule has 0 bridgehead atoms. The molecular weight excluding hydrogens is 270 g/mol. The number of ether oxygens (including phenoxy) is 2. The van der Waals surface area contributed by atoms with Crippen molar-refractivity contribution in [3.63, 3.8) is 0 Å². The van der Waals surface area contributed by atoms with E-state index in [1.807, 2.05) is 11.8 Å². The van der Waals surface area contributed by atoms with Crippen molar-refractivity contribution in [1.82, 2.24) is 14.9 Å². The molecule has 1 atom stereocenters. The molecule has 0 aromatic carbocycles. The maximum absolute atomic E-state index is 12.6. The van der Waals surface area contributed by atoms with Crippen LogP contribution in [0.5, 0.6) is 0 Å². The maximum Gasteiger partial charge on any atom is 0.226 e. The van der Waals surface area contributed by atoms with E-state index in [1.165, 1.54) is 0 Å². The van der Waals surface area contributed by atoms with E-state index < -0.39 is 0 Å². The summed E-state index contributed by atoms with van der Waals surface area (Å²) >= 11 is 0. The molecule has 2 fully saturated rings. The summed E-state index contributed by atoms with van der Waals surface area (Å²) in [5, 5.41) is 0. The lowest BCUT2D eigenvalue weighted by molar-refractivity contribution is -0.146. The van der Waals surface area contributed by atoms with Crippen molar-refractivity contribution in [2.75, 3.05) is 32.9 Å². The highest BCUT2D eigenvalue weighted by molar-refractivity contribution is 5.79. The second kappa shape index (κ2) is 6.49. The van der Waals surface area contributed by atoms with Crippen molar-refractivity contribution < 1.29 is 14.3 Å². The number of aryl methyl sites for hydroxylation is 1. The standard InChI is InChI=1S/C15H21N3O3/c1-11-8-17-13(9-16-11)14-10-18(4-7-21-14)15(19)12-2-5-20-6-3-12/h8-9,12,14H,2-7,10H2,1H3/t14-/m1/s1. The summed E-state index contributed by atoms with van der Waals surface area (Å²) in [6.45, 7) is 5.05. The van der Waals surface area contributed by atoms with Gasteiger partial charge in [-0.2, -0.15) is 0 Å². The highest BCUT2D eigenvalue weighted by atomic mass is 16.5. The summed E-state index contributed by atoms with van der Waals surface area (Å²) in [4.78, 5) is 23.1. The van der Waals surface area contributed by atoms with Crippen LogP contribution in [-0.4, -0.2) is 53.7 Å². The van der Waals surface area contributed by atoms with Crippen molar-refractivity contribution in [3.05, 3.63) is 23.8 Å². The molecule has 1 aromatic heterocycles. The summed E-state index contributed by atoms with van der Waals surface area (Å²) in [6.07, 6.45) is 4.95. The zero-order chi connectivity index (χ0) is 14.7. The summed E-state index contributed by atoms with van der Waals surface area (Å²) < 4.78 is 11.1. The molecule has 0 radical (unpaired) electrons. The Morgan fingerprint density at radius 2 is 2.05 bits per heavy atom. The molecular formula is C15H21N3O3. The third kappa shape index (κ3) is 3.39. The Labute approximate surface area is 124 Å². The van der Waals surface area contributed by atoms with Crippen LogP contribution in [0, 0.1) is 12.8 Å². The largest absolute Gasteiger partial charge is 0.381 e. The van der Waals surface area contributed by atoms with Crippen LogP contribution in [0.1, 0.15) is 30.3 Å². The lowest BCUT2D eigenvalue weighted by atomic mass is 9.98. The molecule has 0 saturated carbocycles. The van der Waals surface area contributed by atoms with Gasteiger partial charge < -0.3 is 14.4 Å². The van der Waals surface area contributed by atoms with Gasteiger partial charge in [0.05, 0.1) is 30.7 Å². The minimum atomic E-state index is -0.171. The van der Waals surface area contributed by atoms with E-state index in [0.29, 0.717) is 32.9 Å². The molecule has 6 nitrogen and oxygen atoms in total. The van der Waals surface area contributed by atoms with Gasteiger partial charge in [0.2, 0.25) is 5.91 Å². The molecule has 2 aliphatic heterocycles. The van der Waals surface area contributed by atoms with E-state index in [0.717, 1.165) is 24.2 Å². The zero-order valence-corrected chi connectivity index (χ0v) is 12.3. The average Bonchev–Trinajstić information content (AvgIpc) is 2.56. The Kier molecular flexibility index (Phi) is 4.45. The van der Waals surface area contributed by atoms with Gasteiger partial charge in [0.1, 0.15) is 6.10 Å². The zero-order valence-electron chi connectivity index (χ0n) is 12.3. The third-order valence-electron chi connectivity index (χ3n) is 4.08. The molecule has 114 valence electrons. The van der Waals surface area contributed by atoms with E-state index >= 15 is 0 Å². The molecule has 0 aliphatic carbocycles. The number of rotatable bonds is 2. The lowest BCUT2D eigenvalue weighted by Gasteiger charge is -2.35. The van der Waals surface area contributed by atoms with Gasteiger partial charge in [-0.05, 0) is 19.8 Å². The number of nitrogens with zero attached hydrogens (tertiary/aromatic N) is 3. The van der Waals surface area contributed by atoms with Crippen molar-refractivity contribution in [3.8, 4) is 0 Å². The van der Waals surface area contributed by atoms with Gasteiger partial charge in [0.25, 0.3) is 0 Å². The number of aromatic nitrogens is 2. The van der Waals surface area contributed by atoms with E-state index in [1.54, 1.807) is 12.4 Å². The minimum Gasteiger partial charge on any atom is -0.381 e. The normalized spacial score (nSPS) is 24.0. The first-order valence-electron chi connectivity index (χ1n) is 7.50. The molecule has 2 aliphatic rings. The molecule has 6 heteroatoms.